The topological polar surface area (TPSA) is 208 Å². The Hall–Kier alpha value is 0.890. The number of nitrogens with zero attached hydrogens (tertiary/aromatic N) is 1. The van der Waals surface area contributed by atoms with E-state index in [2.05, 4.69) is 0 Å². The smallest absolute Gasteiger partial charge is 0.134 e. The molecule has 0 aromatic heterocycles. The predicted octanol–water partition coefficient (Wildman–Crippen LogP) is -7.68. The lowest BCUT2D eigenvalue weighted by Gasteiger charge is -2.50. The molecule has 0 saturated carbocycles. The van der Waals surface area contributed by atoms with Crippen LogP contribution in [0.3, 0.4) is 0 Å². The average Bonchev–Trinajstić information content (AvgIpc) is 1.70. The summed E-state index contributed by atoms with van der Waals surface area (Å²) in [6.07, 6.45) is -4.36. The van der Waals surface area contributed by atoms with Crippen LogP contribution >= 0.6 is 23.8 Å². The molecule has 0 aliphatic rings. The van der Waals surface area contributed by atoms with Gasteiger partial charge in [0.1, 0.15) is 18.9 Å². The first-order valence-corrected chi connectivity index (χ1v) is 8.78. The van der Waals surface area contributed by atoms with Gasteiger partial charge in [-0.25, -0.2) is 4.90 Å². The van der Waals surface area contributed by atoms with Gasteiger partial charge in [0, 0.05) is 0 Å². The standard InChI is InChI=1S/C3H12NO9P3/c5-14(6,7)1-4(2-15(8,9)10)3-16(11,12)13/h1-3H2,(H2,5,6,7)(H2,8,9,10)(H2,11,12,13)/p-5. The van der Waals surface area contributed by atoms with Crippen LogP contribution in [0.15, 0.2) is 0 Å². The number of hydrogen-bond donors (Lipinski definition) is 1. The molecule has 0 amide bonds. The quantitative estimate of drug-likeness (QED) is 0.457. The van der Waals surface area contributed by atoms with Crippen molar-refractivity contribution in [2.24, 2.45) is 0 Å². The van der Waals surface area contributed by atoms with Crippen LogP contribution in [0.5, 0.6) is 0 Å². The van der Waals surface area contributed by atoms with Crippen LogP contribution in [-0.4, -0.2) is 28.7 Å². The molecule has 0 unspecified atom stereocenters. The molecule has 0 heterocycles. The number of hydrogen-bond acceptors (Lipinski definition) is 10. The van der Waals surface area contributed by atoms with Crippen LogP contribution in [0, 0.1) is 0 Å². The van der Waals surface area contributed by atoms with Gasteiger partial charge in [-0.1, -0.05) is 0 Å². The van der Waals surface area contributed by atoms with Gasteiger partial charge in [0.05, 0.1) is 7.94 Å². The third-order valence-corrected chi connectivity index (χ3v) is 3.38. The molecule has 0 aromatic carbocycles. The molecule has 10 nitrogen and oxygen atoms in total. The molecule has 0 aliphatic heterocycles. The molecule has 0 atom stereocenters. The summed E-state index contributed by atoms with van der Waals surface area (Å²) in [6, 6.07) is 0. The van der Waals surface area contributed by atoms with E-state index in [9.17, 15) is 39.1 Å². The lowest BCUT2D eigenvalue weighted by atomic mass is 11.0. The van der Waals surface area contributed by atoms with E-state index in [1.54, 1.807) is 0 Å². The highest BCUT2D eigenvalue weighted by Crippen LogP contribution is 2.41. The molecule has 1 N–H and O–H groups in total. The fraction of sp³-hybridized carbons (Fsp3) is 1.00. The van der Waals surface area contributed by atoms with E-state index in [0.29, 0.717) is 0 Å². The first-order valence-electron chi connectivity index (χ1n) is 3.56. The molecule has 0 rings (SSSR count). The summed E-state index contributed by atoms with van der Waals surface area (Å²) in [5.41, 5.74) is 0. The first kappa shape index (κ1) is 16.9. The summed E-state index contributed by atoms with van der Waals surface area (Å²) in [7, 11) is -15.5. The summed E-state index contributed by atoms with van der Waals surface area (Å²) in [5.74, 6) is 0. The van der Waals surface area contributed by atoms with Gasteiger partial charge in [0.25, 0.3) is 0 Å². The minimum atomic E-state index is -5.24. The molecule has 0 saturated heterocycles. The Morgan fingerprint density at radius 2 is 1.00 bits per heavy atom. The Morgan fingerprint density at radius 3 is 1.19 bits per heavy atom. The molecular weight excluding hydrogens is 287 g/mol. The van der Waals surface area contributed by atoms with E-state index in [-0.39, 0.29) is 4.90 Å². The van der Waals surface area contributed by atoms with Gasteiger partial charge in [-0.2, -0.15) is 0 Å². The van der Waals surface area contributed by atoms with Gasteiger partial charge in [0.15, 0.2) is 0 Å². The zero-order valence-electron chi connectivity index (χ0n) is 7.62. The Bertz CT molecular complexity index is 179. The second-order valence-corrected chi connectivity index (χ2v) is 7.52. The van der Waals surface area contributed by atoms with E-state index in [0.717, 1.165) is 0 Å². The highest BCUT2D eigenvalue weighted by molar-refractivity contribution is 7.56. The van der Waals surface area contributed by atoms with Crippen LogP contribution in [0.2, 0.25) is 0 Å². The largest absolute Gasteiger partial charge is 0.687 e. The van der Waals surface area contributed by atoms with Gasteiger partial charge < -0.3 is 39.1 Å². The van der Waals surface area contributed by atoms with Crippen LogP contribution < -0.4 is 39.1 Å². The van der Waals surface area contributed by atoms with Gasteiger partial charge in [0.2, 0.25) is 0 Å². The predicted molar refractivity (Wildman–Crippen MR) is 39.4 cm³/mol. The van der Waals surface area contributed by atoms with Gasteiger partial charge >= 0.3 is 0 Å². The van der Waals surface area contributed by atoms with Crippen LogP contribution in [-0.2, 0) is 0 Å². The van der Waals surface area contributed by atoms with Gasteiger partial charge in [-0.15, -0.1) is 15.9 Å². The van der Waals surface area contributed by atoms with Crippen molar-refractivity contribution in [3.63, 3.8) is 0 Å². The molecule has 13 heteroatoms. The maximum Gasteiger partial charge on any atom is 0.134 e. The summed E-state index contributed by atoms with van der Waals surface area (Å²) >= 11 is 0. The lowest BCUT2D eigenvalue weighted by Crippen LogP contribution is -2.48. The lowest BCUT2D eigenvalue weighted by molar-refractivity contribution is -0.431. The zero-order valence-corrected chi connectivity index (χ0v) is 10.3. The number of rotatable bonds is 6. The van der Waals surface area contributed by atoms with E-state index in [1.807, 2.05) is 0 Å². The van der Waals surface area contributed by atoms with Crippen molar-refractivity contribution in [2.75, 3.05) is 18.9 Å². The molecule has 0 bridgehead atoms. The normalized spacial score (nSPS) is 14.6. The first-order chi connectivity index (χ1) is 6.79. The van der Waals surface area contributed by atoms with Crippen molar-refractivity contribution in [1.82, 2.24) is 4.90 Å². The highest BCUT2D eigenvalue weighted by Gasteiger charge is 2.21. The Labute approximate surface area is 92.4 Å². The molecule has 0 aromatic rings. The van der Waals surface area contributed by atoms with Crippen LogP contribution in [0.1, 0.15) is 0 Å². The minimum absolute atomic E-state index is 0.0231. The van der Waals surface area contributed by atoms with E-state index < -0.39 is 42.7 Å². The SMILES string of the molecule is [O-][P+]([O-])([O-])CN(C[P+]([O-])([O-])[O-])C[P+]([O-])([O-])O. The van der Waals surface area contributed by atoms with Crippen LogP contribution in [0.4, 0.5) is 0 Å². The second kappa shape index (κ2) is 5.69. The maximum absolute atomic E-state index is 10.4. The molecule has 0 spiro atoms. The van der Waals surface area contributed by atoms with E-state index >= 15 is 0 Å². The Balaban J connectivity index is 4.53. The zero-order chi connectivity index (χ0) is 13.2. The van der Waals surface area contributed by atoms with Crippen molar-refractivity contribution < 1.29 is 44.0 Å². The van der Waals surface area contributed by atoms with Crippen molar-refractivity contribution in [3.05, 3.63) is 0 Å². The molecule has 0 aliphatic carbocycles. The monoisotopic (exact) mass is 294 g/mol. The molecule has 98 valence electrons. The molecule has 0 radical (unpaired) electrons. The van der Waals surface area contributed by atoms with E-state index in [1.165, 1.54) is 0 Å². The fourth-order valence-electron chi connectivity index (χ4n) is 0.877. The summed E-state index contributed by atoms with van der Waals surface area (Å²) < 4.78 is 0. The van der Waals surface area contributed by atoms with Crippen molar-refractivity contribution in [2.45, 2.75) is 0 Å². The van der Waals surface area contributed by atoms with Gasteiger partial charge in [-0.3, -0.25) is 4.89 Å². The molecule has 16 heavy (non-hydrogen) atoms. The van der Waals surface area contributed by atoms with Crippen molar-refractivity contribution in [1.29, 1.82) is 0 Å². The minimum Gasteiger partial charge on any atom is -0.687 e. The highest BCUT2D eigenvalue weighted by atomic mass is 31.2. The second-order valence-electron chi connectivity index (χ2n) is 2.95. The third-order valence-electron chi connectivity index (χ3n) is 1.13. The molecule has 0 fully saturated rings. The average molecular weight is 294 g/mol. The van der Waals surface area contributed by atoms with Crippen LogP contribution in [0.25, 0.3) is 0 Å². The van der Waals surface area contributed by atoms with Gasteiger partial charge in [-0.05, 0) is 0 Å². The summed E-state index contributed by atoms with van der Waals surface area (Å²) in [6.45, 7) is 0. The summed E-state index contributed by atoms with van der Waals surface area (Å²) in [4.78, 5) is 90.8. The maximum atomic E-state index is 10.4. The Morgan fingerprint density at radius 1 is 0.688 bits per heavy atom. The summed E-state index contributed by atoms with van der Waals surface area (Å²) in [5, 5.41) is 0. The Kier molecular flexibility index (Phi) is 6.00. The fourth-order valence-corrected chi connectivity index (χ4v) is 3.44. The molecular formula is C3H7NO9P3-5. The van der Waals surface area contributed by atoms with Crippen molar-refractivity contribution >= 4 is 23.8 Å². The van der Waals surface area contributed by atoms with Crippen molar-refractivity contribution in [3.8, 4) is 0 Å². The van der Waals surface area contributed by atoms with E-state index in [4.69, 9.17) is 4.89 Å². The third kappa shape index (κ3) is 11.4.